The molecule has 4 aliphatic carbocycles. The maximum atomic E-state index is 13.5. The minimum absolute atomic E-state index is 0.0177. The van der Waals surface area contributed by atoms with E-state index in [2.05, 4.69) is 31.8 Å². The summed E-state index contributed by atoms with van der Waals surface area (Å²) in [6, 6.07) is 9.30. The topological polar surface area (TPSA) is 54.5 Å². The van der Waals surface area contributed by atoms with Gasteiger partial charge in [0, 0.05) is 17.4 Å². The Bertz CT molecular complexity index is 1070. The van der Waals surface area contributed by atoms with Crippen molar-refractivity contribution in [2.45, 2.75) is 38.9 Å². The number of carbonyl (C=O) groups is 3. The Kier molecular flexibility index (Phi) is 3.51. The molecule has 1 aliphatic heterocycles. The van der Waals surface area contributed by atoms with Crippen LogP contribution in [0.5, 0.6) is 0 Å². The minimum atomic E-state index is -1.61. The highest BCUT2D eigenvalue weighted by Crippen LogP contribution is 2.67. The number of para-hydroxylation sites is 1. The molecule has 30 heavy (non-hydrogen) atoms. The third kappa shape index (κ3) is 2.14. The number of imide groups is 1. The maximum Gasteiger partial charge on any atom is 0.238 e. The molecule has 154 valence electrons. The van der Waals surface area contributed by atoms with Gasteiger partial charge in [-0.1, -0.05) is 55.2 Å². The first kappa shape index (κ1) is 18.5. The van der Waals surface area contributed by atoms with Gasteiger partial charge in [0.15, 0.2) is 5.78 Å². The molecule has 6 rings (SSSR count). The molecule has 0 radical (unpaired) electrons. The lowest BCUT2D eigenvalue weighted by molar-refractivity contribution is -0.135. The fourth-order valence-corrected chi connectivity index (χ4v) is 9.32. The van der Waals surface area contributed by atoms with E-state index in [9.17, 15) is 14.4 Å². The van der Waals surface area contributed by atoms with Crippen LogP contribution in [0.4, 0.5) is 5.69 Å². The monoisotopic (exact) mass is 417 g/mol. The van der Waals surface area contributed by atoms with Crippen LogP contribution in [0.25, 0.3) is 0 Å². The van der Waals surface area contributed by atoms with Gasteiger partial charge < -0.3 is 0 Å². The standard InChI is InChI=1S/C25H27NO3Si/c1-30(2,3)19-13-25-10-9-18(27)17(25)11-15-20(16(19)12-25)22-21(15)23(28)26(24(22)29)14-7-5-4-6-8-14/h4-8,11,13,15-16,20-22H,9-10,12H2,1-3H3/t15-,16+,20-,21+,22-,25-/m0/s1. The van der Waals surface area contributed by atoms with Crippen LogP contribution in [0.3, 0.4) is 0 Å². The van der Waals surface area contributed by atoms with Crippen LogP contribution in [-0.2, 0) is 14.4 Å². The van der Waals surface area contributed by atoms with Gasteiger partial charge in [-0.2, -0.15) is 0 Å². The van der Waals surface area contributed by atoms with Crippen molar-refractivity contribution in [2.24, 2.45) is 35.0 Å². The predicted molar refractivity (Wildman–Crippen MR) is 117 cm³/mol. The van der Waals surface area contributed by atoms with Gasteiger partial charge in [0.1, 0.15) is 0 Å². The summed E-state index contributed by atoms with van der Waals surface area (Å²) >= 11 is 0. The first-order valence-corrected chi connectivity index (χ1v) is 14.6. The highest BCUT2D eigenvalue weighted by Gasteiger charge is 2.69. The van der Waals surface area contributed by atoms with Crippen molar-refractivity contribution < 1.29 is 14.4 Å². The minimum Gasteiger partial charge on any atom is -0.295 e. The van der Waals surface area contributed by atoms with Crippen molar-refractivity contribution in [3.8, 4) is 0 Å². The van der Waals surface area contributed by atoms with Crippen molar-refractivity contribution in [1.82, 2.24) is 0 Å². The molecule has 0 aromatic heterocycles. The molecule has 1 saturated heterocycles. The van der Waals surface area contributed by atoms with E-state index < -0.39 is 8.07 Å². The van der Waals surface area contributed by atoms with Crippen molar-refractivity contribution in [1.29, 1.82) is 0 Å². The summed E-state index contributed by atoms with van der Waals surface area (Å²) in [5, 5.41) is 1.52. The molecular formula is C25H27NO3Si. The number of anilines is 1. The smallest absolute Gasteiger partial charge is 0.238 e. The van der Waals surface area contributed by atoms with Gasteiger partial charge in [-0.15, -0.1) is 0 Å². The van der Waals surface area contributed by atoms with Gasteiger partial charge in [0.25, 0.3) is 0 Å². The Morgan fingerprint density at radius 1 is 1.00 bits per heavy atom. The van der Waals surface area contributed by atoms with E-state index in [0.717, 1.165) is 18.4 Å². The summed E-state index contributed by atoms with van der Waals surface area (Å²) in [4.78, 5) is 41.1. The molecular weight excluding hydrogens is 390 g/mol. The van der Waals surface area contributed by atoms with Crippen LogP contribution in [0.1, 0.15) is 19.3 Å². The zero-order valence-electron chi connectivity index (χ0n) is 17.7. The Morgan fingerprint density at radius 2 is 1.70 bits per heavy atom. The van der Waals surface area contributed by atoms with E-state index in [1.807, 2.05) is 30.3 Å². The molecule has 5 aliphatic rings. The number of nitrogens with zero attached hydrogens (tertiary/aromatic N) is 1. The number of hydrogen-bond acceptors (Lipinski definition) is 3. The first-order chi connectivity index (χ1) is 14.2. The number of hydrogen-bond donors (Lipinski definition) is 0. The van der Waals surface area contributed by atoms with E-state index >= 15 is 0 Å². The van der Waals surface area contributed by atoms with Crippen molar-refractivity contribution >= 4 is 31.4 Å². The third-order valence-electron chi connectivity index (χ3n) is 8.43. The average Bonchev–Trinajstić information content (AvgIpc) is 3.23. The quantitative estimate of drug-likeness (QED) is 0.537. The fourth-order valence-electron chi connectivity index (χ4n) is 7.20. The van der Waals surface area contributed by atoms with Gasteiger partial charge in [-0.3, -0.25) is 19.3 Å². The molecule has 1 heterocycles. The average molecular weight is 418 g/mol. The number of ketones is 1. The molecule has 2 bridgehead atoms. The molecule has 1 spiro atoms. The number of amides is 2. The van der Waals surface area contributed by atoms with E-state index in [4.69, 9.17) is 0 Å². The molecule has 2 saturated carbocycles. The van der Waals surface area contributed by atoms with Gasteiger partial charge in [-0.05, 0) is 42.7 Å². The highest BCUT2D eigenvalue weighted by molar-refractivity contribution is 6.83. The van der Waals surface area contributed by atoms with Crippen LogP contribution in [-0.4, -0.2) is 25.7 Å². The molecule has 1 aromatic rings. The summed E-state index contributed by atoms with van der Waals surface area (Å²) in [5.74, 6) is 0.0942. The zero-order chi connectivity index (χ0) is 21.0. The molecule has 0 N–H and O–H groups in total. The van der Waals surface area contributed by atoms with Gasteiger partial charge >= 0.3 is 0 Å². The lowest BCUT2D eigenvalue weighted by Crippen LogP contribution is -2.52. The van der Waals surface area contributed by atoms with Crippen LogP contribution < -0.4 is 4.90 Å². The Hall–Kier alpha value is -2.27. The van der Waals surface area contributed by atoms with Crippen LogP contribution in [0.2, 0.25) is 19.6 Å². The van der Waals surface area contributed by atoms with Gasteiger partial charge in [-0.25, -0.2) is 0 Å². The largest absolute Gasteiger partial charge is 0.295 e. The van der Waals surface area contributed by atoms with E-state index in [-0.39, 0.29) is 46.7 Å². The van der Waals surface area contributed by atoms with Crippen LogP contribution in [0.15, 0.2) is 53.3 Å². The number of carbonyl (C=O) groups excluding carboxylic acids is 3. The van der Waals surface area contributed by atoms with Crippen molar-refractivity contribution in [2.75, 3.05) is 4.90 Å². The molecule has 2 amide bonds. The van der Waals surface area contributed by atoms with E-state index in [1.165, 1.54) is 10.1 Å². The zero-order valence-corrected chi connectivity index (χ0v) is 18.7. The molecule has 3 fully saturated rings. The molecule has 0 unspecified atom stereocenters. The van der Waals surface area contributed by atoms with Crippen molar-refractivity contribution in [3.63, 3.8) is 0 Å². The Balaban J connectivity index is 1.48. The number of Topliss-reactive ketones (excluding diaryl/α,β-unsaturated/α-hetero) is 1. The Labute approximate surface area is 178 Å². The summed E-state index contributed by atoms with van der Waals surface area (Å²) < 4.78 is 0. The number of benzene rings is 1. The van der Waals surface area contributed by atoms with Crippen molar-refractivity contribution in [3.05, 3.63) is 53.3 Å². The summed E-state index contributed by atoms with van der Waals surface area (Å²) in [6.07, 6.45) is 7.05. The first-order valence-electron chi connectivity index (χ1n) is 11.1. The number of rotatable bonds is 2. The maximum absolute atomic E-state index is 13.5. The van der Waals surface area contributed by atoms with Crippen LogP contribution in [0, 0.1) is 35.0 Å². The van der Waals surface area contributed by atoms with E-state index in [1.54, 1.807) is 0 Å². The predicted octanol–water partition coefficient (Wildman–Crippen LogP) is 4.15. The lowest BCUT2D eigenvalue weighted by atomic mass is 9.53. The molecule has 1 aromatic carbocycles. The molecule has 6 atom stereocenters. The number of fused-ring (bicyclic) bond motifs is 6. The second kappa shape index (κ2) is 5.70. The van der Waals surface area contributed by atoms with E-state index in [0.29, 0.717) is 18.0 Å². The van der Waals surface area contributed by atoms with Crippen LogP contribution >= 0.6 is 0 Å². The molecule has 5 heteroatoms. The SMILES string of the molecule is C[Si](C)(C)C1=C[C@@]23CCC(=O)C2=C[C@@H]2[C@H]4C(=O)N(c5ccccc5)C(=O)[C@H]4[C@@H]2[C@@H]1C3. The lowest BCUT2D eigenvalue weighted by Gasteiger charge is -2.49. The number of allylic oxidation sites excluding steroid dienone is 4. The summed E-state index contributed by atoms with van der Waals surface area (Å²) in [7, 11) is -1.61. The second-order valence-electron chi connectivity index (χ2n) is 10.9. The third-order valence-corrected chi connectivity index (χ3v) is 10.7. The normalized spacial score (nSPS) is 39.1. The second-order valence-corrected chi connectivity index (χ2v) is 16.0. The Morgan fingerprint density at radius 3 is 2.40 bits per heavy atom. The fraction of sp³-hybridized carbons (Fsp3) is 0.480. The highest BCUT2D eigenvalue weighted by atomic mass is 28.3. The van der Waals surface area contributed by atoms with Gasteiger partial charge in [0.2, 0.25) is 11.8 Å². The summed E-state index contributed by atoms with van der Waals surface area (Å²) in [5.41, 5.74) is 1.49. The summed E-state index contributed by atoms with van der Waals surface area (Å²) in [6.45, 7) is 7.11. The van der Waals surface area contributed by atoms with Gasteiger partial charge in [0.05, 0.1) is 25.6 Å². The molecule has 4 nitrogen and oxygen atoms in total.